The average Bonchev–Trinajstić information content (AvgIpc) is 3.38. The summed E-state index contributed by atoms with van der Waals surface area (Å²) in [6.07, 6.45) is 0. The Kier molecular flexibility index (Phi) is 5.74. The second-order valence-electron chi connectivity index (χ2n) is 8.46. The van der Waals surface area contributed by atoms with Crippen molar-refractivity contribution >= 4 is 22.7 Å². The number of carbonyl (C=O) groups is 2. The van der Waals surface area contributed by atoms with Crippen LogP contribution in [0.1, 0.15) is 39.2 Å². The Hall–Kier alpha value is -4.52. The number of aryl methyl sites for hydroxylation is 2. The number of Topliss-reactive ketones (excluding diaryl/α,β-unsaturated/α-hetero) is 1. The van der Waals surface area contributed by atoms with E-state index in [2.05, 4.69) is 10.4 Å². The lowest BCUT2D eigenvalue weighted by atomic mass is 10.0. The number of fused-ring (bicyclic) bond motifs is 1. The summed E-state index contributed by atoms with van der Waals surface area (Å²) in [5.74, 6) is -0.682. The Morgan fingerprint density at radius 3 is 2.17 bits per heavy atom. The number of para-hydroxylation sites is 3. The second kappa shape index (κ2) is 9.02. The number of ketones is 1. The van der Waals surface area contributed by atoms with Gasteiger partial charge in [0.05, 0.1) is 33.7 Å². The van der Waals surface area contributed by atoms with Crippen LogP contribution in [0.4, 0.5) is 0 Å². The Balaban J connectivity index is 1.51. The summed E-state index contributed by atoms with van der Waals surface area (Å²) in [6.45, 7) is 3.54. The summed E-state index contributed by atoms with van der Waals surface area (Å²) in [4.78, 5) is 31.5. The fourth-order valence-electron chi connectivity index (χ4n) is 4.47. The monoisotopic (exact) mass is 463 g/mol. The van der Waals surface area contributed by atoms with Crippen molar-refractivity contribution < 1.29 is 9.59 Å². The molecule has 2 heterocycles. The van der Waals surface area contributed by atoms with Gasteiger partial charge in [-0.2, -0.15) is 5.10 Å². The molecule has 5 rings (SSSR count). The van der Waals surface area contributed by atoms with Gasteiger partial charge < -0.3 is 9.88 Å². The minimum Gasteiger partial charge on any atom is -0.335 e. The van der Waals surface area contributed by atoms with Gasteiger partial charge in [-0.3, -0.25) is 9.59 Å². The Labute approximate surface area is 203 Å². The third-order valence-electron chi connectivity index (χ3n) is 6.21. The Morgan fingerprint density at radius 2 is 1.49 bits per heavy atom. The van der Waals surface area contributed by atoms with Crippen molar-refractivity contribution in [3.63, 3.8) is 0 Å². The number of rotatable bonds is 6. The molecular weight excluding hydrogens is 438 g/mol. The molecule has 2 aromatic heterocycles. The number of hydrogen-bond donors (Lipinski definition) is 1. The highest BCUT2D eigenvalue weighted by Crippen LogP contribution is 2.26. The maximum absolute atomic E-state index is 13.4. The molecule has 0 aliphatic heterocycles. The smallest absolute Gasteiger partial charge is 0.293 e. The van der Waals surface area contributed by atoms with E-state index in [1.807, 2.05) is 96.5 Å². The molecule has 0 aliphatic rings. The lowest BCUT2D eigenvalue weighted by Gasteiger charge is -2.19. The van der Waals surface area contributed by atoms with Gasteiger partial charge in [-0.25, -0.2) is 9.67 Å². The van der Waals surface area contributed by atoms with E-state index < -0.39 is 17.7 Å². The fourth-order valence-corrected chi connectivity index (χ4v) is 4.47. The molecule has 5 aromatic rings. The van der Waals surface area contributed by atoms with E-state index in [-0.39, 0.29) is 0 Å². The van der Waals surface area contributed by atoms with Gasteiger partial charge in [0.1, 0.15) is 11.9 Å². The zero-order valence-electron chi connectivity index (χ0n) is 19.8. The molecule has 1 N–H and O–H groups in total. The van der Waals surface area contributed by atoms with Gasteiger partial charge in [-0.1, -0.05) is 60.7 Å². The maximum atomic E-state index is 13.4. The summed E-state index contributed by atoms with van der Waals surface area (Å²) in [5.41, 5.74) is 4.86. The van der Waals surface area contributed by atoms with Crippen LogP contribution < -0.4 is 5.32 Å². The van der Waals surface area contributed by atoms with Gasteiger partial charge >= 0.3 is 0 Å². The van der Waals surface area contributed by atoms with Crippen molar-refractivity contribution in [3.8, 4) is 5.69 Å². The van der Waals surface area contributed by atoms with Crippen molar-refractivity contribution in [1.29, 1.82) is 0 Å². The fraction of sp³-hybridized carbons (Fsp3) is 0.143. The Morgan fingerprint density at radius 1 is 0.857 bits per heavy atom. The standard InChI is InChI=1S/C28H25N5O2/c1-18-24(19(2)33(31-18)21-14-8-5-9-15-21)26(34)28(35)30-25(20-12-6-4-7-13-20)27-29-22-16-10-11-17-23(22)32(27)3/h4-17,25H,1-3H3,(H,30,35). The number of imidazole rings is 1. The number of benzene rings is 3. The number of aromatic nitrogens is 4. The zero-order chi connectivity index (χ0) is 24.5. The van der Waals surface area contributed by atoms with Crippen LogP contribution in [-0.2, 0) is 11.8 Å². The van der Waals surface area contributed by atoms with Gasteiger partial charge in [0.15, 0.2) is 0 Å². The van der Waals surface area contributed by atoms with E-state index >= 15 is 0 Å². The number of nitrogens with one attached hydrogen (secondary N) is 1. The molecule has 0 bridgehead atoms. The third kappa shape index (κ3) is 4.01. The molecule has 0 saturated heterocycles. The van der Waals surface area contributed by atoms with Crippen LogP contribution in [0.25, 0.3) is 16.7 Å². The van der Waals surface area contributed by atoms with E-state index in [0.717, 1.165) is 22.3 Å². The molecule has 1 amide bonds. The minimum atomic E-state index is -0.704. The summed E-state index contributed by atoms with van der Waals surface area (Å²) >= 11 is 0. The molecule has 0 radical (unpaired) electrons. The largest absolute Gasteiger partial charge is 0.335 e. The number of hydrogen-bond acceptors (Lipinski definition) is 4. The van der Waals surface area contributed by atoms with Crippen LogP contribution in [0.15, 0.2) is 84.9 Å². The van der Waals surface area contributed by atoms with Crippen LogP contribution in [0, 0.1) is 13.8 Å². The molecule has 0 aliphatic carbocycles. The third-order valence-corrected chi connectivity index (χ3v) is 6.21. The van der Waals surface area contributed by atoms with Gasteiger partial charge in [0, 0.05) is 7.05 Å². The van der Waals surface area contributed by atoms with Gasteiger partial charge in [-0.15, -0.1) is 0 Å². The molecule has 1 atom stereocenters. The first kappa shape index (κ1) is 22.3. The van der Waals surface area contributed by atoms with E-state index in [1.165, 1.54) is 0 Å². The highest BCUT2D eigenvalue weighted by molar-refractivity contribution is 6.43. The molecule has 7 nitrogen and oxygen atoms in total. The molecular formula is C28H25N5O2. The van der Waals surface area contributed by atoms with Crippen molar-refractivity contribution in [2.24, 2.45) is 7.05 Å². The average molecular weight is 464 g/mol. The predicted octanol–water partition coefficient (Wildman–Crippen LogP) is 4.46. The molecule has 7 heteroatoms. The molecule has 3 aromatic carbocycles. The van der Waals surface area contributed by atoms with Gasteiger partial charge in [-0.05, 0) is 43.7 Å². The van der Waals surface area contributed by atoms with Gasteiger partial charge in [0.2, 0.25) is 0 Å². The molecule has 35 heavy (non-hydrogen) atoms. The molecule has 174 valence electrons. The molecule has 0 saturated carbocycles. The first-order valence-corrected chi connectivity index (χ1v) is 11.4. The van der Waals surface area contributed by atoms with Crippen LogP contribution in [0.5, 0.6) is 0 Å². The summed E-state index contributed by atoms with van der Waals surface area (Å²) < 4.78 is 3.64. The first-order chi connectivity index (χ1) is 17.0. The molecule has 1 unspecified atom stereocenters. The molecule has 0 spiro atoms. The van der Waals surface area contributed by atoms with E-state index in [9.17, 15) is 9.59 Å². The van der Waals surface area contributed by atoms with Crippen LogP contribution in [0.2, 0.25) is 0 Å². The van der Waals surface area contributed by atoms with Crippen molar-refractivity contribution in [3.05, 3.63) is 113 Å². The second-order valence-corrected chi connectivity index (χ2v) is 8.46. The topological polar surface area (TPSA) is 81.8 Å². The van der Waals surface area contributed by atoms with Crippen molar-refractivity contribution in [2.75, 3.05) is 0 Å². The van der Waals surface area contributed by atoms with Crippen LogP contribution in [-0.4, -0.2) is 31.0 Å². The first-order valence-electron chi connectivity index (χ1n) is 11.4. The minimum absolute atomic E-state index is 0.308. The van der Waals surface area contributed by atoms with Crippen LogP contribution in [0.3, 0.4) is 0 Å². The van der Waals surface area contributed by atoms with Gasteiger partial charge in [0.25, 0.3) is 11.7 Å². The highest BCUT2D eigenvalue weighted by Gasteiger charge is 2.29. The molecule has 0 fully saturated rings. The van der Waals surface area contributed by atoms with Crippen molar-refractivity contribution in [2.45, 2.75) is 19.9 Å². The summed E-state index contributed by atoms with van der Waals surface area (Å²) in [7, 11) is 1.91. The Bertz CT molecular complexity index is 1530. The lowest BCUT2D eigenvalue weighted by Crippen LogP contribution is -2.36. The number of carbonyl (C=O) groups excluding carboxylic acids is 2. The quantitative estimate of drug-likeness (QED) is 0.298. The van der Waals surface area contributed by atoms with E-state index in [0.29, 0.717) is 22.8 Å². The summed E-state index contributed by atoms with van der Waals surface area (Å²) in [5, 5.41) is 7.47. The zero-order valence-corrected chi connectivity index (χ0v) is 19.8. The van der Waals surface area contributed by atoms with Crippen LogP contribution >= 0.6 is 0 Å². The number of amides is 1. The van der Waals surface area contributed by atoms with E-state index in [1.54, 1.807) is 18.5 Å². The SMILES string of the molecule is Cc1nn(-c2ccccc2)c(C)c1C(=O)C(=O)NC(c1ccccc1)c1nc2ccccc2n1C. The number of nitrogens with zero attached hydrogens (tertiary/aromatic N) is 4. The van der Waals surface area contributed by atoms with E-state index in [4.69, 9.17) is 4.98 Å². The summed E-state index contributed by atoms with van der Waals surface area (Å²) in [6, 6.07) is 26.3. The lowest BCUT2D eigenvalue weighted by molar-refractivity contribution is -0.117. The van der Waals surface area contributed by atoms with Crippen molar-refractivity contribution in [1.82, 2.24) is 24.6 Å². The highest BCUT2D eigenvalue weighted by atomic mass is 16.2. The normalized spacial score (nSPS) is 12.0. The predicted molar refractivity (Wildman–Crippen MR) is 135 cm³/mol. The maximum Gasteiger partial charge on any atom is 0.293 e.